The van der Waals surface area contributed by atoms with Gasteiger partial charge < -0.3 is 24.4 Å². The topological polar surface area (TPSA) is 96.4 Å². The van der Waals surface area contributed by atoms with Gasteiger partial charge in [-0.3, -0.25) is 14.4 Å². The van der Waals surface area contributed by atoms with E-state index in [-0.39, 0.29) is 37.5 Å². The molecule has 0 bridgehead atoms. The Hall–Kier alpha value is -2.68. The number of anilines is 1. The van der Waals surface area contributed by atoms with Gasteiger partial charge in [0.05, 0.1) is 35.9 Å². The molecule has 9 heteroatoms. The second kappa shape index (κ2) is 11.5. The number of carbonyl (C=O) groups excluding carboxylic acids is 3. The summed E-state index contributed by atoms with van der Waals surface area (Å²) in [6.07, 6.45) is 11.1. The number of nitrogens with zero attached hydrogens (tertiary/aromatic N) is 2. The van der Waals surface area contributed by atoms with E-state index in [1.54, 1.807) is 11.0 Å². The van der Waals surface area contributed by atoms with Crippen molar-refractivity contribution in [3.8, 4) is 0 Å². The van der Waals surface area contributed by atoms with Gasteiger partial charge in [-0.15, -0.1) is 0 Å². The molecule has 4 aliphatic heterocycles. The Bertz CT molecular complexity index is 1240. The van der Waals surface area contributed by atoms with Gasteiger partial charge in [0.25, 0.3) is 5.91 Å². The number of esters is 1. The molecule has 1 unspecified atom stereocenters. The van der Waals surface area contributed by atoms with Crippen molar-refractivity contribution in [2.45, 2.75) is 83.1 Å². The molecule has 4 heterocycles. The second-order valence-corrected chi connectivity index (χ2v) is 12.2. The van der Waals surface area contributed by atoms with Crippen LogP contribution in [0.2, 0.25) is 5.02 Å². The van der Waals surface area contributed by atoms with Gasteiger partial charge in [0, 0.05) is 6.54 Å². The monoisotopic (exact) mass is 584 g/mol. The minimum atomic E-state index is -1.43. The Morgan fingerprint density at radius 3 is 2.56 bits per heavy atom. The molecule has 41 heavy (non-hydrogen) atoms. The first-order valence-corrected chi connectivity index (χ1v) is 15.3. The van der Waals surface area contributed by atoms with E-state index in [1.807, 2.05) is 64.1 Å². The minimum Gasteiger partial charge on any atom is -0.465 e. The Morgan fingerprint density at radius 2 is 1.88 bits per heavy atom. The highest BCUT2D eigenvalue weighted by atomic mass is 35.5. The third kappa shape index (κ3) is 4.63. The number of para-hydroxylation sites is 1. The van der Waals surface area contributed by atoms with Gasteiger partial charge in [-0.2, -0.15) is 0 Å². The maximum absolute atomic E-state index is 14.8. The van der Waals surface area contributed by atoms with E-state index in [9.17, 15) is 19.5 Å². The van der Waals surface area contributed by atoms with E-state index < -0.39 is 41.1 Å². The quantitative estimate of drug-likeness (QED) is 0.388. The van der Waals surface area contributed by atoms with Crippen LogP contribution in [-0.2, 0) is 23.9 Å². The molecule has 222 valence electrons. The summed E-state index contributed by atoms with van der Waals surface area (Å²) in [5, 5.41) is 11.0. The molecule has 1 aromatic rings. The van der Waals surface area contributed by atoms with Crippen LogP contribution in [0, 0.1) is 24.7 Å². The van der Waals surface area contributed by atoms with Crippen molar-refractivity contribution < 1.29 is 29.0 Å². The van der Waals surface area contributed by atoms with Crippen molar-refractivity contribution in [1.29, 1.82) is 0 Å². The number of halogens is 1. The number of aliphatic hydroxyl groups excluding tert-OH is 1. The summed E-state index contributed by atoms with van der Waals surface area (Å²) in [5.74, 6) is -3.24. The van der Waals surface area contributed by atoms with Crippen molar-refractivity contribution in [3.63, 3.8) is 0 Å². The van der Waals surface area contributed by atoms with E-state index >= 15 is 0 Å². The lowest BCUT2D eigenvalue weighted by Crippen LogP contribution is -2.60. The van der Waals surface area contributed by atoms with E-state index in [2.05, 4.69) is 0 Å². The summed E-state index contributed by atoms with van der Waals surface area (Å²) in [7, 11) is 0. The lowest BCUT2D eigenvalue weighted by atomic mass is 9.73. The molecular formula is C32H41ClN2O6. The number of likely N-dealkylation sites (tertiary alicyclic amines) is 1. The number of ether oxygens (including phenoxy) is 2. The number of aliphatic hydroxyl groups is 1. The second-order valence-electron chi connectivity index (χ2n) is 11.8. The zero-order valence-electron chi connectivity index (χ0n) is 24.3. The van der Waals surface area contributed by atoms with Crippen LogP contribution in [0.25, 0.3) is 0 Å². The number of aryl methyl sites for hydroxylation is 1. The Labute approximate surface area is 247 Å². The number of cyclic esters (lactones) is 1. The van der Waals surface area contributed by atoms with Crippen molar-refractivity contribution in [2.24, 2.45) is 17.8 Å². The van der Waals surface area contributed by atoms with Gasteiger partial charge in [-0.05, 0) is 50.2 Å². The fourth-order valence-electron chi connectivity index (χ4n) is 7.31. The molecule has 1 spiro atoms. The lowest BCUT2D eigenvalue weighted by molar-refractivity contribution is -0.162. The van der Waals surface area contributed by atoms with Crippen molar-refractivity contribution in [3.05, 3.63) is 53.1 Å². The highest BCUT2D eigenvalue weighted by Crippen LogP contribution is 2.59. The van der Waals surface area contributed by atoms with E-state index in [0.29, 0.717) is 23.6 Å². The zero-order valence-corrected chi connectivity index (χ0v) is 25.1. The number of rotatable bonds is 6. The number of benzene rings is 1. The molecule has 0 aliphatic carbocycles. The number of hydrogen-bond acceptors (Lipinski definition) is 6. The van der Waals surface area contributed by atoms with Gasteiger partial charge in [0.15, 0.2) is 0 Å². The largest absolute Gasteiger partial charge is 0.465 e. The fourth-order valence-corrected chi connectivity index (χ4v) is 7.64. The summed E-state index contributed by atoms with van der Waals surface area (Å²) in [5.41, 5.74) is -1.16. The molecule has 0 saturated carbocycles. The predicted molar refractivity (Wildman–Crippen MR) is 156 cm³/mol. The maximum atomic E-state index is 14.8. The molecule has 1 aromatic carbocycles. The van der Waals surface area contributed by atoms with Gasteiger partial charge in [-0.25, -0.2) is 0 Å². The van der Waals surface area contributed by atoms with Gasteiger partial charge in [-0.1, -0.05) is 75.2 Å². The van der Waals surface area contributed by atoms with Crippen molar-refractivity contribution >= 4 is 35.1 Å². The van der Waals surface area contributed by atoms with Crippen LogP contribution in [0.1, 0.15) is 58.4 Å². The third-order valence-electron chi connectivity index (χ3n) is 9.62. The van der Waals surface area contributed by atoms with Gasteiger partial charge >= 0.3 is 5.97 Å². The van der Waals surface area contributed by atoms with Crippen LogP contribution >= 0.6 is 11.6 Å². The van der Waals surface area contributed by atoms with Crippen LogP contribution in [-0.4, -0.2) is 70.8 Å². The first-order chi connectivity index (χ1) is 19.7. The summed E-state index contributed by atoms with van der Waals surface area (Å²) >= 11 is 6.65. The summed E-state index contributed by atoms with van der Waals surface area (Å²) < 4.78 is 12.8. The van der Waals surface area contributed by atoms with Crippen molar-refractivity contribution in [1.82, 2.24) is 4.90 Å². The van der Waals surface area contributed by atoms with Crippen LogP contribution in [0.15, 0.2) is 42.5 Å². The Balaban J connectivity index is 1.73. The fraction of sp³-hybridized carbons (Fsp3) is 0.594. The normalized spacial score (nSPS) is 33.9. The SMILES string of the molecule is CC[C@H](C)[C@H](CO)N1C(=O)[C@@H]2[C@@H]3C(=O)OCCCC/C=C\[C@]3(CC)O[C@@]23C=CCN(c2c(C)cccc2Cl)C(=O)C13. The summed E-state index contributed by atoms with van der Waals surface area (Å²) in [4.78, 5) is 46.5. The average molecular weight is 585 g/mol. The van der Waals surface area contributed by atoms with E-state index in [0.717, 1.165) is 24.8 Å². The first-order valence-electron chi connectivity index (χ1n) is 14.9. The van der Waals surface area contributed by atoms with Crippen LogP contribution in [0.3, 0.4) is 0 Å². The van der Waals surface area contributed by atoms with Crippen molar-refractivity contribution in [2.75, 3.05) is 24.7 Å². The lowest BCUT2D eigenvalue weighted by Gasteiger charge is -2.42. The summed E-state index contributed by atoms with van der Waals surface area (Å²) in [6, 6.07) is 3.71. The highest BCUT2D eigenvalue weighted by Gasteiger charge is 2.76. The predicted octanol–water partition coefficient (Wildman–Crippen LogP) is 4.60. The highest BCUT2D eigenvalue weighted by molar-refractivity contribution is 6.34. The van der Waals surface area contributed by atoms with Crippen LogP contribution in [0.5, 0.6) is 0 Å². The standard InChI is InChI=1S/C32H41ClN2O6/c1-5-20(3)23(19-36)35-27-29(38)34(26-21(4)13-11-14-22(26)33)17-12-16-32(27)24(28(35)37)25-30(39)40-18-10-8-7-9-15-31(25,6-2)41-32/h9,11-16,20,23-25,27,36H,5-8,10,17-19H2,1-4H3/b15-9-/t20-,23-,24-,25+,27?,31-,32-/m0/s1. The molecule has 7 atom stereocenters. The molecule has 5 rings (SSSR count). The van der Waals surface area contributed by atoms with Crippen LogP contribution in [0.4, 0.5) is 5.69 Å². The molecular weight excluding hydrogens is 544 g/mol. The number of fused-ring (bicyclic) bond motifs is 2. The molecule has 1 N–H and O–H groups in total. The number of amides is 2. The number of hydrogen-bond donors (Lipinski definition) is 1. The average Bonchev–Trinajstić information content (AvgIpc) is 3.31. The third-order valence-corrected chi connectivity index (χ3v) is 9.93. The Morgan fingerprint density at radius 1 is 1.10 bits per heavy atom. The maximum Gasteiger partial charge on any atom is 0.313 e. The number of allylic oxidation sites excluding steroid dienone is 1. The van der Waals surface area contributed by atoms with E-state index in [4.69, 9.17) is 21.1 Å². The number of carbonyl (C=O) groups is 3. The Kier molecular flexibility index (Phi) is 8.39. The smallest absolute Gasteiger partial charge is 0.313 e. The zero-order chi connectivity index (χ0) is 29.5. The van der Waals surface area contributed by atoms with E-state index in [1.165, 1.54) is 4.90 Å². The minimum absolute atomic E-state index is 0.109. The summed E-state index contributed by atoms with van der Waals surface area (Å²) in [6.45, 7) is 7.93. The van der Waals surface area contributed by atoms with Crippen LogP contribution < -0.4 is 4.90 Å². The molecule has 2 amide bonds. The van der Waals surface area contributed by atoms with Gasteiger partial charge in [0.1, 0.15) is 23.2 Å². The molecule has 0 aromatic heterocycles. The molecule has 8 nitrogen and oxygen atoms in total. The molecule has 4 aliphatic rings. The first kappa shape index (κ1) is 29.8. The molecule has 2 saturated heterocycles. The van der Waals surface area contributed by atoms with Gasteiger partial charge in [0.2, 0.25) is 5.91 Å². The molecule has 0 radical (unpaired) electrons. The molecule has 2 fully saturated rings.